The van der Waals surface area contributed by atoms with E-state index in [1.807, 2.05) is 0 Å². The van der Waals surface area contributed by atoms with Crippen LogP contribution in [0.15, 0.2) is 18.2 Å². The topological polar surface area (TPSA) is 12.9 Å². The van der Waals surface area contributed by atoms with Gasteiger partial charge >= 0.3 is 0 Å². The van der Waals surface area contributed by atoms with Crippen molar-refractivity contribution in [3.63, 3.8) is 0 Å². The maximum atomic E-state index is 4.42. The second-order valence-corrected chi connectivity index (χ2v) is 6.13. The highest BCUT2D eigenvalue weighted by atomic mass is 127. The number of benzene rings is 1. The lowest BCUT2D eigenvalue weighted by molar-refractivity contribution is 0.869. The molecule has 1 aromatic carbocycles. The fourth-order valence-electron chi connectivity index (χ4n) is 1.27. The first-order valence-electron chi connectivity index (χ1n) is 4.23. The van der Waals surface area contributed by atoms with Crippen LogP contribution in [-0.2, 0) is 0 Å². The molecule has 0 amide bonds. The molecule has 0 saturated carbocycles. The molecule has 0 fully saturated rings. The molecule has 1 heterocycles. The molecule has 0 spiro atoms. The zero-order valence-corrected chi connectivity index (χ0v) is 10.5. The monoisotopic (exact) mass is 303 g/mol. The Morgan fingerprint density at radius 1 is 1.38 bits per heavy atom. The van der Waals surface area contributed by atoms with Crippen LogP contribution < -0.4 is 0 Å². The van der Waals surface area contributed by atoms with Crippen LogP contribution >= 0.6 is 33.9 Å². The van der Waals surface area contributed by atoms with Gasteiger partial charge < -0.3 is 0 Å². The van der Waals surface area contributed by atoms with E-state index in [0.717, 1.165) is 8.53 Å². The summed E-state index contributed by atoms with van der Waals surface area (Å²) in [5, 5.41) is 0. The third-order valence-electron chi connectivity index (χ3n) is 2.05. The van der Waals surface area contributed by atoms with E-state index >= 15 is 0 Å². The summed E-state index contributed by atoms with van der Waals surface area (Å²) < 4.78 is 2.42. The number of hydrogen-bond acceptors (Lipinski definition) is 2. The Kier molecular flexibility index (Phi) is 2.55. The smallest absolute Gasteiger partial charge is 0.155 e. The van der Waals surface area contributed by atoms with Gasteiger partial charge in [0.15, 0.2) is 3.01 Å². The molecule has 1 aromatic heterocycles. The number of halogens is 1. The average Bonchev–Trinajstić information content (AvgIpc) is 2.42. The third kappa shape index (κ3) is 1.86. The molecule has 0 radical (unpaired) electrons. The number of rotatable bonds is 1. The highest BCUT2D eigenvalue weighted by molar-refractivity contribution is 14.1. The Morgan fingerprint density at radius 3 is 2.85 bits per heavy atom. The number of fused-ring (bicyclic) bond motifs is 1. The molecule has 0 bridgehead atoms. The van der Waals surface area contributed by atoms with Gasteiger partial charge in [0.25, 0.3) is 0 Å². The SMILES string of the molecule is CC(C)c1ccc2nc(I)sc2c1. The highest BCUT2D eigenvalue weighted by Gasteiger charge is 2.04. The molecule has 3 heteroatoms. The molecule has 13 heavy (non-hydrogen) atoms. The van der Waals surface area contributed by atoms with Gasteiger partial charge in [0.1, 0.15) is 0 Å². The molecule has 0 atom stereocenters. The highest BCUT2D eigenvalue weighted by Crippen LogP contribution is 2.26. The standard InChI is InChI=1S/C10H10INS/c1-6(2)7-3-4-8-9(5-7)13-10(11)12-8/h3-6H,1-2H3. The number of hydrogen-bond donors (Lipinski definition) is 0. The summed E-state index contributed by atoms with van der Waals surface area (Å²) in [7, 11) is 0. The van der Waals surface area contributed by atoms with Crippen LogP contribution in [0.4, 0.5) is 0 Å². The van der Waals surface area contributed by atoms with E-state index in [1.54, 1.807) is 11.3 Å². The lowest BCUT2D eigenvalue weighted by atomic mass is 10.0. The molecule has 0 aliphatic heterocycles. The summed E-state index contributed by atoms with van der Waals surface area (Å²) in [5.74, 6) is 0.601. The van der Waals surface area contributed by atoms with Crippen molar-refractivity contribution in [2.24, 2.45) is 0 Å². The predicted octanol–water partition coefficient (Wildman–Crippen LogP) is 4.02. The van der Waals surface area contributed by atoms with Crippen molar-refractivity contribution in [2.75, 3.05) is 0 Å². The first-order valence-corrected chi connectivity index (χ1v) is 6.12. The Balaban J connectivity index is 2.61. The minimum absolute atomic E-state index is 0.601. The summed E-state index contributed by atoms with van der Waals surface area (Å²) in [4.78, 5) is 4.42. The lowest BCUT2D eigenvalue weighted by Crippen LogP contribution is -1.84. The molecule has 2 rings (SSSR count). The molecular formula is C10H10INS. The fraction of sp³-hybridized carbons (Fsp3) is 0.300. The van der Waals surface area contributed by atoms with Crippen LogP contribution in [-0.4, -0.2) is 4.98 Å². The van der Waals surface area contributed by atoms with Crippen LogP contribution in [0.25, 0.3) is 10.2 Å². The van der Waals surface area contributed by atoms with Gasteiger partial charge in [-0.1, -0.05) is 19.9 Å². The maximum Gasteiger partial charge on any atom is 0.155 e. The molecule has 0 aliphatic rings. The van der Waals surface area contributed by atoms with Crippen LogP contribution in [0.1, 0.15) is 25.3 Å². The van der Waals surface area contributed by atoms with Crippen molar-refractivity contribution in [3.8, 4) is 0 Å². The van der Waals surface area contributed by atoms with E-state index in [9.17, 15) is 0 Å². The summed E-state index contributed by atoms with van der Waals surface area (Å²) in [6.07, 6.45) is 0. The molecule has 0 aliphatic carbocycles. The molecule has 0 saturated heterocycles. The second kappa shape index (κ2) is 3.53. The predicted molar refractivity (Wildman–Crippen MR) is 66.4 cm³/mol. The molecular weight excluding hydrogens is 293 g/mol. The first-order chi connectivity index (χ1) is 6.16. The molecule has 2 aromatic rings. The van der Waals surface area contributed by atoms with E-state index in [2.05, 4.69) is 59.6 Å². The molecule has 0 unspecified atom stereocenters. The summed E-state index contributed by atoms with van der Waals surface area (Å²) in [6, 6.07) is 6.53. The Morgan fingerprint density at radius 2 is 2.15 bits per heavy atom. The van der Waals surface area contributed by atoms with E-state index in [1.165, 1.54) is 10.3 Å². The van der Waals surface area contributed by atoms with E-state index in [0.29, 0.717) is 5.92 Å². The maximum absolute atomic E-state index is 4.42. The van der Waals surface area contributed by atoms with Gasteiger partial charge in [-0.25, -0.2) is 4.98 Å². The Bertz CT molecular complexity index is 433. The molecule has 1 nitrogen and oxygen atoms in total. The van der Waals surface area contributed by atoms with E-state index in [4.69, 9.17) is 0 Å². The van der Waals surface area contributed by atoms with Gasteiger partial charge in [-0.3, -0.25) is 0 Å². The number of nitrogens with zero attached hydrogens (tertiary/aromatic N) is 1. The zero-order valence-electron chi connectivity index (χ0n) is 7.54. The summed E-state index contributed by atoms with van der Waals surface area (Å²) in [5.41, 5.74) is 2.52. The van der Waals surface area contributed by atoms with Crippen molar-refractivity contribution >= 4 is 44.1 Å². The normalized spacial score (nSPS) is 11.4. The van der Waals surface area contributed by atoms with Gasteiger partial charge in [-0.05, 0) is 46.2 Å². The average molecular weight is 303 g/mol. The van der Waals surface area contributed by atoms with Crippen molar-refractivity contribution in [1.29, 1.82) is 0 Å². The Hall–Kier alpha value is -0.160. The van der Waals surface area contributed by atoms with Crippen molar-refractivity contribution in [3.05, 3.63) is 26.8 Å². The molecule has 68 valence electrons. The third-order valence-corrected chi connectivity index (χ3v) is 3.76. The minimum Gasteiger partial charge on any atom is -0.230 e. The van der Waals surface area contributed by atoms with Crippen LogP contribution in [0.5, 0.6) is 0 Å². The lowest BCUT2D eigenvalue weighted by Gasteiger charge is -2.03. The van der Waals surface area contributed by atoms with Gasteiger partial charge in [-0.2, -0.15) is 0 Å². The summed E-state index contributed by atoms with van der Waals surface area (Å²) in [6.45, 7) is 4.43. The van der Waals surface area contributed by atoms with Crippen LogP contribution in [0.3, 0.4) is 0 Å². The number of thiazole rings is 1. The van der Waals surface area contributed by atoms with Gasteiger partial charge in [0.2, 0.25) is 0 Å². The van der Waals surface area contributed by atoms with Gasteiger partial charge in [0.05, 0.1) is 10.2 Å². The van der Waals surface area contributed by atoms with Crippen LogP contribution in [0.2, 0.25) is 0 Å². The number of aromatic nitrogens is 1. The second-order valence-electron chi connectivity index (χ2n) is 3.35. The summed E-state index contributed by atoms with van der Waals surface area (Å²) >= 11 is 4.03. The Labute approximate surface area is 95.3 Å². The minimum atomic E-state index is 0.601. The quantitative estimate of drug-likeness (QED) is 0.725. The van der Waals surface area contributed by atoms with E-state index in [-0.39, 0.29) is 0 Å². The van der Waals surface area contributed by atoms with Gasteiger partial charge in [-0.15, -0.1) is 11.3 Å². The van der Waals surface area contributed by atoms with Crippen molar-refractivity contribution in [2.45, 2.75) is 19.8 Å². The van der Waals surface area contributed by atoms with Crippen molar-refractivity contribution in [1.82, 2.24) is 4.98 Å². The van der Waals surface area contributed by atoms with E-state index < -0.39 is 0 Å². The molecule has 0 N–H and O–H groups in total. The van der Waals surface area contributed by atoms with Gasteiger partial charge in [0, 0.05) is 0 Å². The zero-order chi connectivity index (χ0) is 9.42. The first kappa shape index (κ1) is 9.40. The largest absolute Gasteiger partial charge is 0.230 e. The van der Waals surface area contributed by atoms with Crippen LogP contribution in [0, 0.1) is 3.01 Å². The van der Waals surface area contributed by atoms with Crippen molar-refractivity contribution < 1.29 is 0 Å². The fourth-order valence-corrected chi connectivity index (χ4v) is 2.98.